The van der Waals surface area contributed by atoms with E-state index < -0.39 is 41.5 Å². The first-order chi connectivity index (χ1) is 12.7. The number of carboxylic acid groups (broad SMARTS) is 2. The lowest BCUT2D eigenvalue weighted by Crippen LogP contribution is -2.46. The molecule has 148 valence electrons. The van der Waals surface area contributed by atoms with Crippen molar-refractivity contribution in [3.8, 4) is 11.5 Å². The number of nitrogens with one attached hydrogen (secondary N) is 1. The van der Waals surface area contributed by atoms with Crippen LogP contribution in [-0.4, -0.2) is 44.3 Å². The van der Waals surface area contributed by atoms with E-state index in [9.17, 15) is 34.8 Å². The second kappa shape index (κ2) is 10.2. The Morgan fingerprint density at radius 3 is 2.26 bits per heavy atom. The minimum Gasteiger partial charge on any atom is -0.504 e. The molecular weight excluding hydrogens is 354 g/mol. The Morgan fingerprint density at radius 2 is 1.74 bits per heavy atom. The Labute approximate surface area is 157 Å². The van der Waals surface area contributed by atoms with Crippen LogP contribution in [0.4, 0.5) is 0 Å². The molecule has 1 aromatic rings. The second-order valence-corrected chi connectivity index (χ2v) is 6.28. The average Bonchev–Trinajstić information content (AvgIpc) is 2.60. The molecule has 0 fully saturated rings. The Hall–Kier alpha value is -3.03. The fourth-order valence-electron chi connectivity index (χ4n) is 2.53. The molecule has 0 aliphatic carbocycles. The number of allylic oxidation sites excluding steroid dienone is 2. The van der Waals surface area contributed by atoms with Gasteiger partial charge in [0.2, 0.25) is 5.91 Å². The predicted octanol–water partition coefficient (Wildman–Crippen LogP) is 1.90. The van der Waals surface area contributed by atoms with Crippen LogP contribution in [-0.2, 0) is 20.8 Å². The zero-order valence-electron chi connectivity index (χ0n) is 15.3. The summed E-state index contributed by atoms with van der Waals surface area (Å²) in [6, 6.07) is 2.55. The quantitative estimate of drug-likeness (QED) is 0.308. The number of hydrogen-bond acceptors (Lipinski definition) is 5. The second-order valence-electron chi connectivity index (χ2n) is 6.28. The topological polar surface area (TPSA) is 144 Å². The fraction of sp³-hybridized carbons (Fsp3) is 0.421. The number of carbonyl (C=O) groups is 3. The molecule has 0 aliphatic rings. The van der Waals surface area contributed by atoms with Crippen molar-refractivity contribution >= 4 is 17.8 Å². The molecule has 0 saturated carbocycles. The maximum absolute atomic E-state index is 12.5. The molecule has 0 aliphatic heterocycles. The molecule has 3 atom stereocenters. The number of carbonyl (C=O) groups excluding carboxylic acids is 1. The highest BCUT2D eigenvalue weighted by Crippen LogP contribution is 2.25. The average molecular weight is 379 g/mol. The molecule has 27 heavy (non-hydrogen) atoms. The van der Waals surface area contributed by atoms with E-state index in [2.05, 4.69) is 5.32 Å². The summed E-state index contributed by atoms with van der Waals surface area (Å²) in [6.45, 7) is 3.31. The summed E-state index contributed by atoms with van der Waals surface area (Å²) in [5, 5.41) is 39.8. The predicted molar refractivity (Wildman–Crippen MR) is 97.4 cm³/mol. The van der Waals surface area contributed by atoms with Crippen molar-refractivity contribution in [1.82, 2.24) is 5.32 Å². The summed E-state index contributed by atoms with van der Waals surface area (Å²) >= 11 is 0. The number of benzene rings is 1. The Kier molecular flexibility index (Phi) is 8.32. The lowest BCUT2D eigenvalue weighted by molar-refractivity contribution is -0.147. The maximum Gasteiger partial charge on any atom is 0.326 e. The summed E-state index contributed by atoms with van der Waals surface area (Å²) in [6.07, 6.45) is 4.30. The van der Waals surface area contributed by atoms with E-state index >= 15 is 0 Å². The van der Waals surface area contributed by atoms with Crippen molar-refractivity contribution in [2.45, 2.75) is 39.2 Å². The standard InChI is InChI=1S/C19H25NO7/c1-3-4-5-6-13(11(2)18(24)25)17(23)20-14(19(26)27)9-12-7-8-15(21)16(22)10-12/h4-5,7-8,10-11,13-14,21-22H,3,6,9H2,1-2H3,(H,20,23)(H,24,25)(H,26,27)/b5-4+/t11?,13?,14-/m1/s1. The first-order valence-corrected chi connectivity index (χ1v) is 8.59. The van der Waals surface area contributed by atoms with Gasteiger partial charge in [0.1, 0.15) is 6.04 Å². The van der Waals surface area contributed by atoms with E-state index in [1.54, 1.807) is 6.08 Å². The summed E-state index contributed by atoms with van der Waals surface area (Å²) in [4.78, 5) is 35.4. The molecular formula is C19H25NO7. The molecule has 8 heteroatoms. The number of aliphatic carboxylic acids is 2. The molecule has 0 saturated heterocycles. The van der Waals surface area contributed by atoms with Crippen LogP contribution in [0.25, 0.3) is 0 Å². The van der Waals surface area contributed by atoms with Crippen LogP contribution in [0.3, 0.4) is 0 Å². The van der Waals surface area contributed by atoms with Gasteiger partial charge in [-0.3, -0.25) is 9.59 Å². The smallest absolute Gasteiger partial charge is 0.326 e. The van der Waals surface area contributed by atoms with Crippen molar-refractivity contribution in [1.29, 1.82) is 0 Å². The van der Waals surface area contributed by atoms with E-state index in [-0.39, 0.29) is 18.6 Å². The molecule has 0 spiro atoms. The molecule has 0 heterocycles. The summed E-state index contributed by atoms with van der Waals surface area (Å²) in [5.74, 6) is -5.74. The van der Waals surface area contributed by atoms with Crippen LogP contribution in [0.1, 0.15) is 32.3 Å². The molecule has 0 aromatic heterocycles. The molecule has 5 N–H and O–H groups in total. The van der Waals surface area contributed by atoms with Crippen molar-refractivity contribution in [2.24, 2.45) is 11.8 Å². The Bertz CT molecular complexity index is 714. The third-order valence-corrected chi connectivity index (χ3v) is 4.22. The van der Waals surface area contributed by atoms with Crippen LogP contribution in [0.2, 0.25) is 0 Å². The van der Waals surface area contributed by atoms with E-state index in [0.29, 0.717) is 5.56 Å². The lowest BCUT2D eigenvalue weighted by Gasteiger charge is -2.22. The first-order valence-electron chi connectivity index (χ1n) is 8.59. The molecule has 2 unspecified atom stereocenters. The molecule has 1 amide bonds. The molecule has 8 nitrogen and oxygen atoms in total. The number of phenolic OH excluding ortho intramolecular Hbond substituents is 2. The minimum atomic E-state index is -1.31. The summed E-state index contributed by atoms with van der Waals surface area (Å²) in [7, 11) is 0. The number of phenols is 2. The van der Waals surface area contributed by atoms with Crippen molar-refractivity contribution < 1.29 is 34.8 Å². The highest BCUT2D eigenvalue weighted by molar-refractivity contribution is 5.88. The van der Waals surface area contributed by atoms with Gasteiger partial charge in [-0.2, -0.15) is 0 Å². The zero-order chi connectivity index (χ0) is 20.6. The normalized spacial score (nSPS) is 14.4. The number of rotatable bonds is 10. The van der Waals surface area contributed by atoms with Crippen LogP contribution in [0.5, 0.6) is 11.5 Å². The maximum atomic E-state index is 12.5. The number of carboxylic acids is 2. The van der Waals surface area contributed by atoms with E-state index in [0.717, 1.165) is 6.42 Å². The van der Waals surface area contributed by atoms with Crippen LogP contribution in [0.15, 0.2) is 30.4 Å². The van der Waals surface area contributed by atoms with Gasteiger partial charge in [0.25, 0.3) is 0 Å². The summed E-state index contributed by atoms with van der Waals surface area (Å²) < 4.78 is 0. The Balaban J connectivity index is 2.95. The number of hydrogen-bond donors (Lipinski definition) is 5. The van der Waals surface area contributed by atoms with Gasteiger partial charge in [0.15, 0.2) is 11.5 Å². The largest absolute Gasteiger partial charge is 0.504 e. The van der Waals surface area contributed by atoms with Gasteiger partial charge >= 0.3 is 11.9 Å². The summed E-state index contributed by atoms with van der Waals surface area (Å²) in [5.41, 5.74) is 0.395. The zero-order valence-corrected chi connectivity index (χ0v) is 15.3. The van der Waals surface area contributed by atoms with Gasteiger partial charge in [0, 0.05) is 6.42 Å². The van der Waals surface area contributed by atoms with Gasteiger partial charge in [-0.15, -0.1) is 0 Å². The van der Waals surface area contributed by atoms with E-state index in [4.69, 9.17) is 0 Å². The third kappa shape index (κ3) is 6.65. The monoisotopic (exact) mass is 379 g/mol. The highest BCUT2D eigenvalue weighted by Gasteiger charge is 2.32. The van der Waals surface area contributed by atoms with Crippen LogP contribution in [0, 0.1) is 11.8 Å². The minimum absolute atomic E-state index is 0.131. The SMILES string of the molecule is CC/C=C/CC(C(=O)N[C@H](Cc1ccc(O)c(O)c1)C(=O)O)C(C)C(=O)O. The lowest BCUT2D eigenvalue weighted by atomic mass is 9.89. The van der Waals surface area contributed by atoms with Gasteiger partial charge in [-0.25, -0.2) is 4.79 Å². The third-order valence-electron chi connectivity index (χ3n) is 4.22. The molecule has 0 bridgehead atoms. The van der Waals surface area contributed by atoms with E-state index in [1.807, 2.05) is 13.0 Å². The molecule has 0 radical (unpaired) electrons. The van der Waals surface area contributed by atoms with Crippen LogP contribution >= 0.6 is 0 Å². The van der Waals surface area contributed by atoms with E-state index in [1.165, 1.54) is 25.1 Å². The van der Waals surface area contributed by atoms with Crippen molar-refractivity contribution in [3.63, 3.8) is 0 Å². The van der Waals surface area contributed by atoms with Gasteiger partial charge in [-0.1, -0.05) is 32.1 Å². The van der Waals surface area contributed by atoms with Crippen LogP contribution < -0.4 is 5.32 Å². The number of aromatic hydroxyl groups is 2. The first kappa shape index (κ1) is 22.0. The molecule has 1 rings (SSSR count). The molecule has 1 aromatic carbocycles. The van der Waals surface area contributed by atoms with Gasteiger partial charge in [0.05, 0.1) is 11.8 Å². The van der Waals surface area contributed by atoms with Gasteiger partial charge < -0.3 is 25.7 Å². The highest BCUT2D eigenvalue weighted by atomic mass is 16.4. The van der Waals surface area contributed by atoms with Gasteiger partial charge in [-0.05, 0) is 30.5 Å². The van der Waals surface area contributed by atoms with Crippen molar-refractivity contribution in [2.75, 3.05) is 0 Å². The Morgan fingerprint density at radius 1 is 1.07 bits per heavy atom. The fourth-order valence-corrected chi connectivity index (χ4v) is 2.53. The number of amides is 1. The van der Waals surface area contributed by atoms with Crippen molar-refractivity contribution in [3.05, 3.63) is 35.9 Å².